The number of nitrogens with zero attached hydrogens (tertiary/aromatic N) is 2. The first kappa shape index (κ1) is 27.5. The molecule has 0 atom stereocenters. The molecule has 1 saturated heterocycles. The van der Waals surface area contributed by atoms with Crippen molar-refractivity contribution >= 4 is 73.1 Å². The number of thioether (sulfide) groups is 1. The van der Waals surface area contributed by atoms with Crippen LogP contribution in [0.2, 0.25) is 0 Å². The third-order valence-corrected chi connectivity index (χ3v) is 8.24. The Hall–Kier alpha value is -3.08. The molecule has 0 unspecified atom stereocenters. The van der Waals surface area contributed by atoms with Crippen molar-refractivity contribution in [3.8, 4) is 11.5 Å². The molecule has 8 heteroatoms. The summed E-state index contributed by atoms with van der Waals surface area (Å²) in [7, 11) is 1.62. The fourth-order valence-electron chi connectivity index (χ4n) is 3.96. The van der Waals surface area contributed by atoms with Crippen molar-refractivity contribution in [3.05, 3.63) is 127 Å². The zero-order chi connectivity index (χ0) is 27.2. The number of carbonyl (C=O) groups excluding carboxylic acids is 1. The summed E-state index contributed by atoms with van der Waals surface area (Å²) in [5, 5.41) is 0.650. The molecule has 0 spiro atoms. The number of halogens is 2. The predicted octanol–water partition coefficient (Wildman–Crippen LogP) is 8.45. The molecule has 4 aromatic carbocycles. The maximum atomic E-state index is 13.6. The van der Waals surface area contributed by atoms with Crippen molar-refractivity contribution in [2.75, 3.05) is 7.11 Å². The van der Waals surface area contributed by atoms with E-state index in [2.05, 4.69) is 38.5 Å². The summed E-state index contributed by atoms with van der Waals surface area (Å²) in [5.74, 6) is 1.20. The highest BCUT2D eigenvalue weighted by molar-refractivity contribution is 14.1. The van der Waals surface area contributed by atoms with E-state index >= 15 is 0 Å². The van der Waals surface area contributed by atoms with Gasteiger partial charge in [0.1, 0.15) is 6.61 Å². The van der Waals surface area contributed by atoms with E-state index in [4.69, 9.17) is 14.5 Å². The second-order valence-electron chi connectivity index (χ2n) is 8.67. The van der Waals surface area contributed by atoms with Gasteiger partial charge in [0.15, 0.2) is 16.7 Å². The van der Waals surface area contributed by atoms with Gasteiger partial charge < -0.3 is 9.47 Å². The lowest BCUT2D eigenvalue weighted by Gasteiger charge is -2.15. The van der Waals surface area contributed by atoms with E-state index in [0.29, 0.717) is 34.7 Å². The molecule has 1 aliphatic rings. The van der Waals surface area contributed by atoms with Crippen molar-refractivity contribution < 1.29 is 14.3 Å². The molecular weight excluding hydrogens is 687 g/mol. The maximum absolute atomic E-state index is 13.6. The molecule has 0 N–H and O–H groups in total. The van der Waals surface area contributed by atoms with Crippen LogP contribution in [-0.2, 0) is 17.9 Å². The van der Waals surface area contributed by atoms with E-state index in [1.54, 1.807) is 12.0 Å². The largest absolute Gasteiger partial charge is 0.493 e. The standard InChI is InChI=1S/C31H24BrIN2O3S/c1-37-27-17-23(16-26(33)29(27)38-20-22-12-14-24(32)15-13-22)18-28-30(36)35(19-21-8-4-2-5-9-21)31(39-28)34-25-10-6-3-7-11-25/h2-18H,19-20H2,1H3/b28-18+,34-31?. The third kappa shape index (κ3) is 6.93. The summed E-state index contributed by atoms with van der Waals surface area (Å²) in [5.41, 5.74) is 3.75. The van der Waals surface area contributed by atoms with Gasteiger partial charge in [-0.05, 0) is 93.5 Å². The van der Waals surface area contributed by atoms with Crippen molar-refractivity contribution in [1.82, 2.24) is 4.90 Å². The van der Waals surface area contributed by atoms with Crippen LogP contribution in [0.3, 0.4) is 0 Å². The van der Waals surface area contributed by atoms with Gasteiger partial charge in [0, 0.05) is 4.47 Å². The third-order valence-electron chi connectivity index (χ3n) is 5.90. The van der Waals surface area contributed by atoms with Gasteiger partial charge in [-0.15, -0.1) is 0 Å². The van der Waals surface area contributed by atoms with Gasteiger partial charge in [-0.3, -0.25) is 9.69 Å². The molecule has 1 heterocycles. The molecule has 0 aromatic heterocycles. The highest BCUT2D eigenvalue weighted by atomic mass is 127. The van der Waals surface area contributed by atoms with Crippen LogP contribution in [0.1, 0.15) is 16.7 Å². The minimum atomic E-state index is -0.0805. The quantitative estimate of drug-likeness (QED) is 0.136. The van der Waals surface area contributed by atoms with Crippen LogP contribution in [0.25, 0.3) is 6.08 Å². The van der Waals surface area contributed by atoms with E-state index in [1.807, 2.05) is 103 Å². The van der Waals surface area contributed by atoms with Crippen LogP contribution in [0.4, 0.5) is 5.69 Å². The molecule has 0 aliphatic carbocycles. The van der Waals surface area contributed by atoms with Crippen LogP contribution >= 0.6 is 50.3 Å². The first-order valence-electron chi connectivity index (χ1n) is 12.1. The number of amides is 1. The van der Waals surface area contributed by atoms with Crippen molar-refractivity contribution in [3.63, 3.8) is 0 Å². The predicted molar refractivity (Wildman–Crippen MR) is 170 cm³/mol. The van der Waals surface area contributed by atoms with Crippen molar-refractivity contribution in [2.24, 2.45) is 4.99 Å². The number of aliphatic imine (C=N–C) groups is 1. The number of benzene rings is 4. The summed E-state index contributed by atoms with van der Waals surface area (Å²) in [6.07, 6.45) is 1.89. The normalized spacial score (nSPS) is 15.3. The molecule has 1 fully saturated rings. The van der Waals surface area contributed by atoms with Gasteiger partial charge in [-0.2, -0.15) is 0 Å². The number of hydrogen-bond acceptors (Lipinski definition) is 5. The van der Waals surface area contributed by atoms with E-state index in [1.165, 1.54) is 11.8 Å². The smallest absolute Gasteiger partial charge is 0.267 e. The lowest BCUT2D eigenvalue weighted by atomic mass is 10.1. The van der Waals surface area contributed by atoms with E-state index in [0.717, 1.165) is 30.4 Å². The molecule has 1 amide bonds. The van der Waals surface area contributed by atoms with Crippen LogP contribution in [0, 0.1) is 3.57 Å². The molecule has 4 aromatic rings. The van der Waals surface area contributed by atoms with Gasteiger partial charge in [0.05, 0.1) is 27.8 Å². The zero-order valence-corrected chi connectivity index (χ0v) is 25.6. The number of carbonyl (C=O) groups is 1. The summed E-state index contributed by atoms with van der Waals surface area (Å²) >= 11 is 7.08. The Morgan fingerprint density at radius 2 is 1.64 bits per heavy atom. The number of methoxy groups -OCH3 is 1. The minimum Gasteiger partial charge on any atom is -0.493 e. The number of rotatable bonds is 8. The number of ether oxygens (including phenoxy) is 2. The van der Waals surface area contributed by atoms with Crippen LogP contribution in [0.5, 0.6) is 11.5 Å². The number of hydrogen-bond donors (Lipinski definition) is 0. The molecule has 0 bridgehead atoms. The second-order valence-corrected chi connectivity index (χ2v) is 11.8. The van der Waals surface area contributed by atoms with Crippen molar-refractivity contribution in [2.45, 2.75) is 13.2 Å². The maximum Gasteiger partial charge on any atom is 0.267 e. The van der Waals surface area contributed by atoms with E-state index < -0.39 is 0 Å². The summed E-state index contributed by atoms with van der Waals surface area (Å²) in [6, 6.07) is 31.5. The molecule has 0 radical (unpaired) electrons. The van der Waals surface area contributed by atoms with Gasteiger partial charge in [-0.1, -0.05) is 76.6 Å². The van der Waals surface area contributed by atoms with Crippen LogP contribution in [0.15, 0.2) is 111 Å². The van der Waals surface area contributed by atoms with Crippen molar-refractivity contribution in [1.29, 1.82) is 0 Å². The molecule has 196 valence electrons. The summed E-state index contributed by atoms with van der Waals surface area (Å²) in [6.45, 7) is 0.863. The molecule has 5 rings (SSSR count). The molecule has 1 aliphatic heterocycles. The Morgan fingerprint density at radius 3 is 2.33 bits per heavy atom. The van der Waals surface area contributed by atoms with E-state index in [-0.39, 0.29) is 5.91 Å². The van der Waals surface area contributed by atoms with Crippen LogP contribution < -0.4 is 9.47 Å². The molecule has 0 saturated carbocycles. The van der Waals surface area contributed by atoms with Gasteiger partial charge in [0.25, 0.3) is 5.91 Å². The fraction of sp³-hybridized carbons (Fsp3) is 0.0968. The summed E-state index contributed by atoms with van der Waals surface area (Å²) in [4.78, 5) is 20.7. The molecular formula is C31H24BrIN2O3S. The number of para-hydroxylation sites is 1. The lowest BCUT2D eigenvalue weighted by molar-refractivity contribution is -0.122. The number of amidine groups is 1. The Balaban J connectivity index is 1.43. The van der Waals surface area contributed by atoms with Gasteiger partial charge in [0.2, 0.25) is 0 Å². The SMILES string of the molecule is COc1cc(/C=C2/SC(=Nc3ccccc3)N(Cc3ccccc3)C2=O)cc(I)c1OCc1ccc(Br)cc1. The highest BCUT2D eigenvalue weighted by Crippen LogP contribution is 2.39. The van der Waals surface area contributed by atoms with Gasteiger partial charge >= 0.3 is 0 Å². The monoisotopic (exact) mass is 710 g/mol. The zero-order valence-electron chi connectivity index (χ0n) is 21.0. The van der Waals surface area contributed by atoms with E-state index in [9.17, 15) is 4.79 Å². The first-order chi connectivity index (χ1) is 19.0. The first-order valence-corrected chi connectivity index (χ1v) is 14.8. The topological polar surface area (TPSA) is 51.1 Å². The second kappa shape index (κ2) is 12.8. The molecule has 5 nitrogen and oxygen atoms in total. The fourth-order valence-corrected chi connectivity index (χ4v) is 6.00. The average molecular weight is 711 g/mol. The Morgan fingerprint density at radius 1 is 0.949 bits per heavy atom. The highest BCUT2D eigenvalue weighted by Gasteiger charge is 2.33. The van der Waals surface area contributed by atoms with Crippen LogP contribution in [-0.4, -0.2) is 23.1 Å². The Labute approximate surface area is 254 Å². The van der Waals surface area contributed by atoms with Gasteiger partial charge in [-0.25, -0.2) is 4.99 Å². The average Bonchev–Trinajstić information content (AvgIpc) is 3.23. The minimum absolute atomic E-state index is 0.0805. The Kier molecular flexibility index (Phi) is 9.06. The molecule has 39 heavy (non-hydrogen) atoms. The summed E-state index contributed by atoms with van der Waals surface area (Å²) < 4.78 is 13.7. The lowest BCUT2D eigenvalue weighted by Crippen LogP contribution is -2.28. The Bertz CT molecular complexity index is 1530.